The topological polar surface area (TPSA) is 32.3 Å². The summed E-state index contributed by atoms with van der Waals surface area (Å²) in [4.78, 5) is 14.1. The summed E-state index contributed by atoms with van der Waals surface area (Å²) in [7, 11) is 1.82. The first-order chi connectivity index (χ1) is 8.65. The van der Waals surface area contributed by atoms with E-state index < -0.39 is 0 Å². The number of carbonyl (C=O) groups is 1. The zero-order valence-electron chi connectivity index (χ0n) is 11.9. The van der Waals surface area contributed by atoms with Gasteiger partial charge in [0.15, 0.2) is 0 Å². The fraction of sp³-hybridized carbons (Fsp3) is 0.533. The van der Waals surface area contributed by atoms with Crippen LogP contribution in [0.1, 0.15) is 35.6 Å². The van der Waals surface area contributed by atoms with Gasteiger partial charge in [-0.1, -0.05) is 18.2 Å². The number of nitrogens with zero attached hydrogens (tertiary/aromatic N) is 1. The van der Waals surface area contributed by atoms with Gasteiger partial charge in [0, 0.05) is 6.54 Å². The SMILES string of the molecule is CNCC(=O)N1CCCC1c1cccc(C)c1C.Cl. The summed E-state index contributed by atoms with van der Waals surface area (Å²) in [5.41, 5.74) is 3.95. The van der Waals surface area contributed by atoms with Crippen LogP contribution in [0.5, 0.6) is 0 Å². The zero-order chi connectivity index (χ0) is 13.1. The van der Waals surface area contributed by atoms with E-state index in [2.05, 4.69) is 37.4 Å². The number of benzene rings is 1. The number of aryl methyl sites for hydroxylation is 1. The molecule has 1 aromatic carbocycles. The van der Waals surface area contributed by atoms with Crippen LogP contribution in [-0.4, -0.2) is 30.9 Å². The maximum Gasteiger partial charge on any atom is 0.237 e. The molecule has 19 heavy (non-hydrogen) atoms. The summed E-state index contributed by atoms with van der Waals surface area (Å²) in [5, 5.41) is 2.95. The average Bonchev–Trinajstić information content (AvgIpc) is 2.82. The molecule has 1 N–H and O–H groups in total. The zero-order valence-corrected chi connectivity index (χ0v) is 12.7. The molecule has 1 fully saturated rings. The number of halogens is 1. The second-order valence-electron chi connectivity index (χ2n) is 5.06. The summed E-state index contributed by atoms with van der Waals surface area (Å²) < 4.78 is 0. The minimum Gasteiger partial charge on any atom is -0.335 e. The van der Waals surface area contributed by atoms with Crippen molar-refractivity contribution in [2.75, 3.05) is 20.1 Å². The molecule has 0 aromatic heterocycles. The van der Waals surface area contributed by atoms with Crippen LogP contribution in [0.3, 0.4) is 0 Å². The number of nitrogens with one attached hydrogen (secondary N) is 1. The second kappa shape index (κ2) is 6.92. The third kappa shape index (κ3) is 3.28. The summed E-state index contributed by atoms with van der Waals surface area (Å²) in [6.07, 6.45) is 2.19. The van der Waals surface area contributed by atoms with Crippen molar-refractivity contribution in [3.8, 4) is 0 Å². The van der Waals surface area contributed by atoms with Gasteiger partial charge in [0.25, 0.3) is 0 Å². The van der Waals surface area contributed by atoms with Gasteiger partial charge in [-0.15, -0.1) is 12.4 Å². The van der Waals surface area contributed by atoms with Gasteiger partial charge in [0.1, 0.15) is 0 Å². The van der Waals surface area contributed by atoms with E-state index in [0.29, 0.717) is 6.54 Å². The Kier molecular flexibility index (Phi) is 5.83. The highest BCUT2D eigenvalue weighted by Crippen LogP contribution is 2.34. The van der Waals surface area contributed by atoms with Crippen LogP contribution >= 0.6 is 12.4 Å². The molecule has 1 saturated heterocycles. The van der Waals surface area contributed by atoms with E-state index in [4.69, 9.17) is 0 Å². The molecule has 0 bridgehead atoms. The summed E-state index contributed by atoms with van der Waals surface area (Å²) in [6, 6.07) is 6.66. The number of likely N-dealkylation sites (N-methyl/N-ethyl adjacent to an activating group) is 1. The fourth-order valence-electron chi connectivity index (χ4n) is 2.78. The number of carbonyl (C=O) groups excluding carboxylic acids is 1. The Hall–Kier alpha value is -1.06. The molecule has 1 unspecified atom stereocenters. The molecule has 4 heteroatoms. The minimum atomic E-state index is 0. The van der Waals surface area contributed by atoms with E-state index >= 15 is 0 Å². The Labute approximate surface area is 121 Å². The smallest absolute Gasteiger partial charge is 0.237 e. The van der Waals surface area contributed by atoms with Gasteiger partial charge in [-0.25, -0.2) is 0 Å². The Balaban J connectivity index is 0.00000180. The highest BCUT2D eigenvalue weighted by molar-refractivity contribution is 5.85. The van der Waals surface area contributed by atoms with E-state index in [9.17, 15) is 4.79 Å². The Morgan fingerprint density at radius 1 is 1.42 bits per heavy atom. The number of hydrogen-bond donors (Lipinski definition) is 1. The normalized spacial score (nSPS) is 18.3. The predicted molar refractivity (Wildman–Crippen MR) is 80.8 cm³/mol. The molecular formula is C15H23ClN2O. The molecule has 1 aliphatic rings. The van der Waals surface area contributed by atoms with Crippen LogP contribution in [0.25, 0.3) is 0 Å². The van der Waals surface area contributed by atoms with Gasteiger partial charge in [-0.2, -0.15) is 0 Å². The van der Waals surface area contributed by atoms with Crippen LogP contribution in [0, 0.1) is 13.8 Å². The number of likely N-dealkylation sites (tertiary alicyclic amines) is 1. The molecule has 2 rings (SSSR count). The largest absolute Gasteiger partial charge is 0.335 e. The van der Waals surface area contributed by atoms with Crippen molar-refractivity contribution in [1.29, 1.82) is 0 Å². The van der Waals surface area contributed by atoms with E-state index in [1.165, 1.54) is 16.7 Å². The molecular weight excluding hydrogens is 260 g/mol. The molecule has 1 aliphatic heterocycles. The number of amides is 1. The van der Waals surface area contributed by atoms with Gasteiger partial charge in [-0.3, -0.25) is 4.79 Å². The van der Waals surface area contributed by atoms with Gasteiger partial charge >= 0.3 is 0 Å². The third-order valence-corrected chi connectivity index (χ3v) is 3.91. The van der Waals surface area contributed by atoms with Crippen molar-refractivity contribution in [2.24, 2.45) is 0 Å². The predicted octanol–water partition coefficient (Wildman–Crippen LogP) is 2.61. The molecule has 1 amide bonds. The Morgan fingerprint density at radius 2 is 2.16 bits per heavy atom. The van der Waals surface area contributed by atoms with Crippen LogP contribution in [-0.2, 0) is 4.79 Å². The first-order valence-corrected chi connectivity index (χ1v) is 6.65. The van der Waals surface area contributed by atoms with E-state index in [1.54, 1.807) is 0 Å². The summed E-state index contributed by atoms with van der Waals surface area (Å²) in [6.45, 7) is 5.61. The number of hydrogen-bond acceptors (Lipinski definition) is 2. The molecule has 0 aliphatic carbocycles. The van der Waals surface area contributed by atoms with E-state index in [0.717, 1.165) is 19.4 Å². The summed E-state index contributed by atoms with van der Waals surface area (Å²) >= 11 is 0. The third-order valence-electron chi connectivity index (χ3n) is 3.91. The average molecular weight is 283 g/mol. The lowest BCUT2D eigenvalue weighted by Gasteiger charge is -2.26. The standard InChI is InChI=1S/C15H22N2O.ClH/c1-11-6-4-7-13(12(11)2)14-8-5-9-17(14)15(18)10-16-3;/h4,6-7,14,16H,5,8-10H2,1-3H3;1H. The van der Waals surface area contributed by atoms with Gasteiger partial charge < -0.3 is 10.2 Å². The maximum absolute atomic E-state index is 12.1. The van der Waals surface area contributed by atoms with Crippen molar-refractivity contribution in [3.63, 3.8) is 0 Å². The lowest BCUT2D eigenvalue weighted by atomic mass is 9.96. The Bertz CT molecular complexity index is 448. The minimum absolute atomic E-state index is 0. The molecule has 106 valence electrons. The van der Waals surface area contributed by atoms with Crippen molar-refractivity contribution in [3.05, 3.63) is 34.9 Å². The highest BCUT2D eigenvalue weighted by Gasteiger charge is 2.30. The van der Waals surface area contributed by atoms with E-state index in [-0.39, 0.29) is 24.4 Å². The van der Waals surface area contributed by atoms with Crippen LogP contribution < -0.4 is 5.32 Å². The van der Waals surface area contributed by atoms with Crippen molar-refractivity contribution in [2.45, 2.75) is 32.7 Å². The molecule has 1 atom stereocenters. The molecule has 1 aromatic rings. The quantitative estimate of drug-likeness (QED) is 0.924. The number of rotatable bonds is 3. The van der Waals surface area contributed by atoms with Crippen molar-refractivity contribution >= 4 is 18.3 Å². The highest BCUT2D eigenvalue weighted by atomic mass is 35.5. The van der Waals surface area contributed by atoms with Crippen molar-refractivity contribution < 1.29 is 4.79 Å². The first kappa shape index (κ1) is 16.0. The van der Waals surface area contributed by atoms with Gasteiger partial charge in [0.05, 0.1) is 12.6 Å². The molecule has 3 nitrogen and oxygen atoms in total. The molecule has 0 saturated carbocycles. The maximum atomic E-state index is 12.1. The van der Waals surface area contributed by atoms with Crippen LogP contribution in [0.15, 0.2) is 18.2 Å². The summed E-state index contributed by atoms with van der Waals surface area (Å²) in [5.74, 6) is 0.209. The van der Waals surface area contributed by atoms with Crippen LogP contribution in [0.2, 0.25) is 0 Å². The molecule has 0 spiro atoms. The van der Waals surface area contributed by atoms with Crippen LogP contribution in [0.4, 0.5) is 0 Å². The van der Waals surface area contributed by atoms with Gasteiger partial charge in [0.2, 0.25) is 5.91 Å². The molecule has 0 radical (unpaired) electrons. The fourth-order valence-corrected chi connectivity index (χ4v) is 2.78. The first-order valence-electron chi connectivity index (χ1n) is 6.65. The molecule has 1 heterocycles. The van der Waals surface area contributed by atoms with Crippen molar-refractivity contribution in [1.82, 2.24) is 10.2 Å². The van der Waals surface area contributed by atoms with Gasteiger partial charge in [-0.05, 0) is 50.4 Å². The lowest BCUT2D eigenvalue weighted by Crippen LogP contribution is -2.36. The second-order valence-corrected chi connectivity index (χ2v) is 5.06. The lowest BCUT2D eigenvalue weighted by molar-refractivity contribution is -0.131. The Morgan fingerprint density at radius 3 is 2.84 bits per heavy atom. The van der Waals surface area contributed by atoms with E-state index in [1.807, 2.05) is 11.9 Å². The monoisotopic (exact) mass is 282 g/mol.